The topological polar surface area (TPSA) is 38.7 Å². The van der Waals surface area contributed by atoms with Crippen molar-refractivity contribution in [2.45, 2.75) is 40.2 Å². The van der Waals surface area contributed by atoms with E-state index in [4.69, 9.17) is 4.74 Å². The molecule has 2 atom stereocenters. The van der Waals surface area contributed by atoms with Gasteiger partial charge in [-0.15, -0.1) is 11.8 Å². The predicted octanol–water partition coefficient (Wildman–Crippen LogP) is 2.75. The highest BCUT2D eigenvalue weighted by atomic mass is 32.2. The summed E-state index contributed by atoms with van der Waals surface area (Å²) in [6.45, 7) is 8.75. The lowest BCUT2D eigenvalue weighted by atomic mass is 9.93. The molecule has 1 aliphatic rings. The maximum Gasteiger partial charge on any atom is 0.330 e. The predicted molar refractivity (Wildman–Crippen MR) is 68.9 cm³/mol. The third-order valence-electron chi connectivity index (χ3n) is 2.73. The number of carbonyl (C=O) groups is 1. The van der Waals surface area contributed by atoms with Gasteiger partial charge in [-0.25, -0.2) is 4.79 Å². The molecule has 0 bridgehead atoms. The number of thioether (sulfide) groups is 1. The molecule has 92 valence electrons. The van der Waals surface area contributed by atoms with Crippen molar-refractivity contribution >= 4 is 22.8 Å². The van der Waals surface area contributed by atoms with E-state index in [1.54, 1.807) is 11.8 Å². The molecule has 0 N–H and O–H groups in total. The molecule has 4 heteroatoms. The maximum atomic E-state index is 11.6. The van der Waals surface area contributed by atoms with Gasteiger partial charge in [0.25, 0.3) is 0 Å². The average Bonchev–Trinajstić information content (AvgIpc) is 2.63. The van der Waals surface area contributed by atoms with Crippen LogP contribution in [0.15, 0.2) is 4.99 Å². The van der Waals surface area contributed by atoms with Crippen LogP contribution in [0.1, 0.15) is 34.1 Å². The molecule has 0 aliphatic carbocycles. The molecule has 0 saturated carbocycles. The fourth-order valence-corrected chi connectivity index (χ4v) is 2.96. The van der Waals surface area contributed by atoms with E-state index in [-0.39, 0.29) is 12.0 Å². The third kappa shape index (κ3) is 3.24. The zero-order valence-corrected chi connectivity index (χ0v) is 11.3. The minimum absolute atomic E-state index is 0.167. The Hall–Kier alpha value is -0.510. The summed E-state index contributed by atoms with van der Waals surface area (Å²) in [5.41, 5.74) is 0. The van der Waals surface area contributed by atoms with Crippen molar-refractivity contribution in [2.75, 3.05) is 12.4 Å². The van der Waals surface area contributed by atoms with E-state index in [9.17, 15) is 4.79 Å². The zero-order valence-electron chi connectivity index (χ0n) is 10.5. The van der Waals surface area contributed by atoms with Crippen LogP contribution in [0.25, 0.3) is 0 Å². The minimum atomic E-state index is -0.263. The van der Waals surface area contributed by atoms with E-state index in [0.29, 0.717) is 18.4 Å². The molecule has 1 heterocycles. The largest absolute Gasteiger partial charge is 0.464 e. The van der Waals surface area contributed by atoms with Crippen LogP contribution in [0.4, 0.5) is 0 Å². The Labute approximate surface area is 102 Å². The van der Waals surface area contributed by atoms with E-state index in [2.05, 4.69) is 25.8 Å². The van der Waals surface area contributed by atoms with E-state index in [1.807, 2.05) is 6.92 Å². The van der Waals surface area contributed by atoms with Gasteiger partial charge in [-0.1, -0.05) is 20.8 Å². The third-order valence-corrected chi connectivity index (χ3v) is 3.73. The van der Waals surface area contributed by atoms with Gasteiger partial charge in [-0.05, 0) is 25.0 Å². The maximum absolute atomic E-state index is 11.6. The number of hydrogen-bond donors (Lipinski definition) is 0. The van der Waals surface area contributed by atoms with Crippen molar-refractivity contribution in [1.29, 1.82) is 0 Å². The Kier molecular flexibility index (Phi) is 5.32. The van der Waals surface area contributed by atoms with Gasteiger partial charge in [0, 0.05) is 5.92 Å². The van der Waals surface area contributed by atoms with Gasteiger partial charge in [-0.2, -0.15) is 0 Å². The summed E-state index contributed by atoms with van der Waals surface area (Å²) < 4.78 is 5.03. The fraction of sp³-hybridized carbons (Fsp3) is 0.833. The molecule has 0 aromatic carbocycles. The lowest BCUT2D eigenvalue weighted by molar-refractivity contribution is -0.144. The Morgan fingerprint density at radius 1 is 1.56 bits per heavy atom. The molecular formula is C12H21NO2S. The number of hydrogen-bond acceptors (Lipinski definition) is 4. The van der Waals surface area contributed by atoms with Crippen molar-refractivity contribution in [1.82, 2.24) is 0 Å². The number of carbonyl (C=O) groups excluding carboxylic acids is 1. The SMILES string of the molecule is CCOC(=O)C1CC(C(C)C)C(SCC)=N1. The summed E-state index contributed by atoms with van der Waals surface area (Å²) in [5, 5.41) is 1.13. The molecule has 0 amide bonds. The van der Waals surface area contributed by atoms with Gasteiger partial charge in [0.1, 0.15) is 6.04 Å². The van der Waals surface area contributed by atoms with E-state index in [0.717, 1.165) is 17.2 Å². The normalized spacial score (nSPS) is 24.7. The van der Waals surface area contributed by atoms with Crippen LogP contribution in [0.2, 0.25) is 0 Å². The van der Waals surface area contributed by atoms with Crippen LogP contribution < -0.4 is 0 Å². The van der Waals surface area contributed by atoms with Crippen molar-refractivity contribution in [3.63, 3.8) is 0 Å². The molecule has 16 heavy (non-hydrogen) atoms. The van der Waals surface area contributed by atoms with Gasteiger partial charge in [0.15, 0.2) is 0 Å². The molecule has 0 fully saturated rings. The van der Waals surface area contributed by atoms with Crippen LogP contribution in [-0.4, -0.2) is 29.4 Å². The zero-order chi connectivity index (χ0) is 12.1. The van der Waals surface area contributed by atoms with Crippen LogP contribution in [0, 0.1) is 11.8 Å². The summed E-state index contributed by atoms with van der Waals surface area (Å²) in [5.74, 6) is 1.81. The number of nitrogens with zero attached hydrogens (tertiary/aromatic N) is 1. The monoisotopic (exact) mass is 243 g/mol. The first kappa shape index (κ1) is 13.6. The molecule has 1 aliphatic heterocycles. The van der Waals surface area contributed by atoms with Crippen LogP contribution in [0.5, 0.6) is 0 Å². The molecule has 0 saturated heterocycles. The van der Waals surface area contributed by atoms with Crippen molar-refractivity contribution in [3.05, 3.63) is 0 Å². The van der Waals surface area contributed by atoms with Gasteiger partial charge >= 0.3 is 5.97 Å². The molecule has 0 spiro atoms. The van der Waals surface area contributed by atoms with Crippen LogP contribution in [-0.2, 0) is 9.53 Å². The first-order valence-corrected chi connectivity index (χ1v) is 6.95. The van der Waals surface area contributed by atoms with Crippen molar-refractivity contribution in [2.24, 2.45) is 16.8 Å². The Balaban J connectivity index is 2.68. The molecule has 2 unspecified atom stereocenters. The standard InChI is InChI=1S/C12H21NO2S/c1-5-15-12(14)10-7-9(8(3)4)11(13-10)16-6-2/h8-10H,5-7H2,1-4H3. The Bertz CT molecular complexity index is 276. The van der Waals surface area contributed by atoms with E-state index < -0.39 is 0 Å². The second kappa shape index (κ2) is 6.28. The summed E-state index contributed by atoms with van der Waals surface area (Å²) in [6.07, 6.45) is 0.818. The fourth-order valence-electron chi connectivity index (χ4n) is 1.88. The van der Waals surface area contributed by atoms with Crippen LogP contribution >= 0.6 is 11.8 Å². The first-order chi connectivity index (χ1) is 7.60. The minimum Gasteiger partial charge on any atom is -0.464 e. The molecule has 1 rings (SSSR count). The number of aliphatic imine (C=N–C) groups is 1. The highest BCUT2D eigenvalue weighted by molar-refractivity contribution is 8.13. The van der Waals surface area contributed by atoms with Crippen molar-refractivity contribution in [3.8, 4) is 0 Å². The van der Waals surface area contributed by atoms with Crippen molar-refractivity contribution < 1.29 is 9.53 Å². The van der Waals surface area contributed by atoms with Gasteiger partial charge in [-0.3, -0.25) is 4.99 Å². The highest BCUT2D eigenvalue weighted by Crippen LogP contribution is 2.32. The number of ether oxygens (including phenoxy) is 1. The highest BCUT2D eigenvalue weighted by Gasteiger charge is 2.34. The lowest BCUT2D eigenvalue weighted by Gasteiger charge is -2.16. The summed E-state index contributed by atoms with van der Waals surface area (Å²) in [7, 11) is 0. The summed E-state index contributed by atoms with van der Waals surface area (Å²) >= 11 is 1.76. The second-order valence-electron chi connectivity index (χ2n) is 4.25. The lowest BCUT2D eigenvalue weighted by Crippen LogP contribution is -2.21. The number of rotatable bonds is 4. The van der Waals surface area contributed by atoms with Gasteiger partial charge in [0.05, 0.1) is 11.7 Å². The first-order valence-electron chi connectivity index (χ1n) is 5.97. The van der Waals surface area contributed by atoms with E-state index in [1.165, 1.54) is 0 Å². The van der Waals surface area contributed by atoms with E-state index >= 15 is 0 Å². The van der Waals surface area contributed by atoms with Crippen LogP contribution in [0.3, 0.4) is 0 Å². The summed E-state index contributed by atoms with van der Waals surface area (Å²) in [4.78, 5) is 16.1. The molecule has 0 aromatic rings. The second-order valence-corrected chi connectivity index (χ2v) is 5.54. The smallest absolute Gasteiger partial charge is 0.330 e. The quantitative estimate of drug-likeness (QED) is 0.713. The van der Waals surface area contributed by atoms with Gasteiger partial charge < -0.3 is 4.74 Å². The molecule has 0 aromatic heterocycles. The number of esters is 1. The average molecular weight is 243 g/mol. The van der Waals surface area contributed by atoms with Gasteiger partial charge in [0.2, 0.25) is 0 Å². The summed E-state index contributed by atoms with van der Waals surface area (Å²) in [6, 6.07) is -0.263. The molecule has 3 nitrogen and oxygen atoms in total. The Morgan fingerprint density at radius 2 is 2.25 bits per heavy atom. The molecule has 0 radical (unpaired) electrons. The Morgan fingerprint density at radius 3 is 2.75 bits per heavy atom. The molecular weight excluding hydrogens is 222 g/mol.